The van der Waals surface area contributed by atoms with E-state index in [1.807, 2.05) is 0 Å². The van der Waals surface area contributed by atoms with E-state index in [2.05, 4.69) is 52.8 Å². The number of thioether (sulfide) groups is 1. The zero-order chi connectivity index (χ0) is 66.0. The summed E-state index contributed by atoms with van der Waals surface area (Å²) in [6, 6.07) is -0.783. The van der Waals surface area contributed by atoms with Crippen molar-refractivity contribution in [3.05, 3.63) is 65.7 Å². The number of nitrogens with one attached hydrogen (secondary N) is 9. The Bertz CT molecular complexity index is 2690. The van der Waals surface area contributed by atoms with Crippen LogP contribution in [0.4, 0.5) is 0 Å². The van der Waals surface area contributed by atoms with Gasteiger partial charge in [-0.3, -0.25) is 57.7 Å². The van der Waals surface area contributed by atoms with Crippen LogP contribution in [0.1, 0.15) is 96.1 Å². The lowest BCUT2D eigenvalue weighted by Gasteiger charge is -2.28. The largest absolute Gasteiger partial charge is 0.508 e. The molecule has 10 amide bonds. The summed E-state index contributed by atoms with van der Waals surface area (Å²) in [5.41, 5.74) is 29.0. The molecule has 0 radical (unpaired) electrons. The van der Waals surface area contributed by atoms with Gasteiger partial charge in [-0.15, -0.1) is 0 Å². The maximum Gasteiger partial charge on any atom is 0.326 e. The number of hydrogen-bond acceptors (Lipinski definition) is 18. The van der Waals surface area contributed by atoms with Gasteiger partial charge in [0, 0.05) is 19.4 Å². The Kier molecular flexibility index (Phi) is 34.3. The van der Waals surface area contributed by atoms with Crippen molar-refractivity contribution in [1.29, 1.82) is 0 Å². The molecule has 0 fully saturated rings. The Balaban J connectivity index is 2.40. The van der Waals surface area contributed by atoms with Crippen molar-refractivity contribution in [3.8, 4) is 5.75 Å². The third-order valence-electron chi connectivity index (χ3n) is 13.3. The van der Waals surface area contributed by atoms with Crippen molar-refractivity contribution in [2.75, 3.05) is 31.7 Å². The fourth-order valence-electron chi connectivity index (χ4n) is 8.49. The van der Waals surface area contributed by atoms with Gasteiger partial charge in [0.05, 0.1) is 19.1 Å². The van der Waals surface area contributed by atoms with Gasteiger partial charge >= 0.3 is 11.9 Å². The van der Waals surface area contributed by atoms with Crippen molar-refractivity contribution in [2.45, 2.75) is 158 Å². The number of carbonyl (C=O) groups is 12. The van der Waals surface area contributed by atoms with Crippen molar-refractivity contribution < 1.29 is 78.0 Å². The second-order valence-corrected chi connectivity index (χ2v) is 22.1. The van der Waals surface area contributed by atoms with E-state index in [9.17, 15) is 78.0 Å². The van der Waals surface area contributed by atoms with Gasteiger partial charge in [-0.25, -0.2) is 4.79 Å². The molecule has 31 nitrogen and oxygen atoms in total. The number of hydrogen-bond donors (Lipinski definition) is 18. The lowest BCUT2D eigenvalue weighted by atomic mass is 10.0. The quantitative estimate of drug-likeness (QED) is 0.0170. The first-order valence-electron chi connectivity index (χ1n) is 28.5. The summed E-state index contributed by atoms with van der Waals surface area (Å²) in [6.07, 6.45) is -0.0875. The molecule has 0 aliphatic heterocycles. The number of aliphatic hydroxyl groups is 1. The van der Waals surface area contributed by atoms with E-state index in [0.717, 1.165) is 0 Å². The monoisotopic (exact) mass is 1260 g/mol. The first kappa shape index (κ1) is 75.5. The molecule has 2 rings (SSSR count). The van der Waals surface area contributed by atoms with Gasteiger partial charge in [0.1, 0.15) is 60.1 Å². The fourth-order valence-corrected chi connectivity index (χ4v) is 8.96. The molecule has 32 heteroatoms. The van der Waals surface area contributed by atoms with Crippen LogP contribution in [0.25, 0.3) is 0 Å². The number of amides is 10. The van der Waals surface area contributed by atoms with E-state index < -0.39 is 157 Å². The molecule has 88 heavy (non-hydrogen) atoms. The number of rotatable bonds is 42. The summed E-state index contributed by atoms with van der Waals surface area (Å²) in [5, 5.41) is 61.6. The Labute approximate surface area is 513 Å². The van der Waals surface area contributed by atoms with Crippen LogP contribution in [0.5, 0.6) is 5.75 Å². The number of carboxylic acids is 2. The number of benzene rings is 2. The molecule has 0 spiro atoms. The van der Waals surface area contributed by atoms with Crippen LogP contribution in [-0.2, 0) is 70.4 Å². The number of primary amides is 1. The van der Waals surface area contributed by atoms with Crippen LogP contribution < -0.4 is 76.5 Å². The van der Waals surface area contributed by atoms with E-state index in [0.29, 0.717) is 17.5 Å². The SMILES string of the molecule is CSCC[C@H](NC(=O)[C@H](CC(=O)O)NC(=O)[C@H](CCCCN)NC(=O)[C@H](Cc1ccccc1)NC(=O)[C@H](CO)NC(=O)[C@@H](N)Cc1ccc(O)cc1)C(=O)N[C@@H](CCC(N)=O)C(=O)N[C@@H](CC(C)C)C(=O)N[C@@H](C)C(=O)N[C@@H](CCCN=C(N)N)C(=O)O. The van der Waals surface area contributed by atoms with E-state index in [-0.39, 0.29) is 87.8 Å². The van der Waals surface area contributed by atoms with E-state index in [1.165, 1.54) is 30.8 Å². The zero-order valence-electron chi connectivity index (χ0n) is 49.8. The highest BCUT2D eigenvalue weighted by Gasteiger charge is 2.36. The Morgan fingerprint density at radius 3 is 1.55 bits per heavy atom. The minimum atomic E-state index is -1.92. The average molecular weight is 1260 g/mol. The number of carbonyl (C=O) groups excluding carboxylic acids is 10. The summed E-state index contributed by atoms with van der Waals surface area (Å²) in [7, 11) is 0. The Morgan fingerprint density at radius 2 is 1.01 bits per heavy atom. The molecule has 488 valence electrons. The number of aromatic hydroxyl groups is 1. The van der Waals surface area contributed by atoms with Crippen LogP contribution in [0.3, 0.4) is 0 Å². The third kappa shape index (κ3) is 29.2. The van der Waals surface area contributed by atoms with Gasteiger partial charge in [-0.1, -0.05) is 56.3 Å². The van der Waals surface area contributed by atoms with E-state index in [1.54, 1.807) is 62.6 Å². The summed E-state index contributed by atoms with van der Waals surface area (Å²) in [6.45, 7) is 4.04. The number of unbranched alkanes of at least 4 members (excludes halogenated alkanes) is 1. The summed E-state index contributed by atoms with van der Waals surface area (Å²) < 4.78 is 0. The molecule has 0 aliphatic carbocycles. The van der Waals surface area contributed by atoms with Crippen LogP contribution in [0.15, 0.2) is 59.6 Å². The van der Waals surface area contributed by atoms with Crippen molar-refractivity contribution in [2.24, 2.45) is 39.6 Å². The minimum Gasteiger partial charge on any atom is -0.508 e. The third-order valence-corrected chi connectivity index (χ3v) is 13.9. The molecule has 0 unspecified atom stereocenters. The molecular weight excluding hydrogens is 1170 g/mol. The summed E-state index contributed by atoms with van der Waals surface area (Å²) >= 11 is 1.24. The highest BCUT2D eigenvalue weighted by molar-refractivity contribution is 7.98. The molecule has 0 heterocycles. The second-order valence-electron chi connectivity index (χ2n) is 21.2. The number of guanidine groups is 1. The standard InChI is InChI=1S/C56H87N15O16S/c1-30(2)25-40(51(82)63-31(3)46(77)67-39(55(86)87)14-10-23-62-56(60)61)68-49(80)37(19-20-44(59)74)65-50(81)38(21-24-88-4)66-53(84)42(28-45(75)76)70-48(79)36(13-8-9-22-57)64-52(83)41(27-32-11-6-5-7-12-32)69-54(85)43(29-72)71-47(78)35(58)26-33-15-17-34(73)18-16-33/h5-7,11-12,15-18,30-31,35-43,72-73H,8-10,13-14,19-29,57-58H2,1-4H3,(H2,59,74)(H,63,82)(H,64,83)(H,65,81)(H,66,84)(H,67,77)(H,68,80)(H,69,85)(H,70,79)(H,71,78)(H,75,76)(H,86,87)(H4,60,61,62)/t31-,35-,36-,37-,38-,39-,40-,41-,42-,43-/m0/s1. The van der Waals surface area contributed by atoms with Gasteiger partial charge in [0.25, 0.3) is 0 Å². The lowest BCUT2D eigenvalue weighted by Crippen LogP contribution is -2.61. The molecule has 2 aromatic rings. The number of phenolic OH excluding ortho intramolecular Hbond substituents is 1. The average Bonchev–Trinajstić information content (AvgIpc) is 3.11. The highest BCUT2D eigenvalue weighted by atomic mass is 32.2. The molecule has 0 bridgehead atoms. The first-order valence-corrected chi connectivity index (χ1v) is 29.9. The van der Waals surface area contributed by atoms with Gasteiger partial charge in [0.15, 0.2) is 5.96 Å². The maximum atomic E-state index is 14.3. The summed E-state index contributed by atoms with van der Waals surface area (Å²) in [4.78, 5) is 165. The molecule has 0 saturated heterocycles. The number of aliphatic carboxylic acids is 2. The van der Waals surface area contributed by atoms with Crippen LogP contribution >= 0.6 is 11.8 Å². The number of aliphatic hydroxyl groups excluding tert-OH is 1. The van der Waals surface area contributed by atoms with E-state index in [4.69, 9.17) is 28.7 Å². The van der Waals surface area contributed by atoms with Crippen LogP contribution in [-0.4, -0.2) is 190 Å². The number of carboxylic acid groups (broad SMARTS) is 2. The number of phenols is 1. The zero-order valence-corrected chi connectivity index (χ0v) is 50.6. The minimum absolute atomic E-state index is 0.00715. The second kappa shape index (κ2) is 40.0. The molecule has 0 aliphatic rings. The molecule has 10 atom stereocenters. The molecule has 23 N–H and O–H groups in total. The molecule has 2 aromatic carbocycles. The molecule has 0 saturated carbocycles. The Morgan fingerprint density at radius 1 is 0.534 bits per heavy atom. The molecular formula is C56H87N15O16S. The number of nitrogens with zero attached hydrogens (tertiary/aromatic N) is 1. The molecule has 0 aromatic heterocycles. The summed E-state index contributed by atoms with van der Waals surface area (Å²) in [5.74, 6) is -12.9. The maximum absolute atomic E-state index is 14.3. The first-order chi connectivity index (χ1) is 41.6. The topological polar surface area (TPSA) is 536 Å². The lowest BCUT2D eigenvalue weighted by molar-refractivity contribution is -0.142. The smallest absolute Gasteiger partial charge is 0.326 e. The van der Waals surface area contributed by atoms with Gasteiger partial charge in [-0.2, -0.15) is 11.8 Å². The fraction of sp³-hybridized carbons (Fsp3) is 0.554. The van der Waals surface area contributed by atoms with Crippen LogP contribution in [0.2, 0.25) is 0 Å². The van der Waals surface area contributed by atoms with Crippen molar-refractivity contribution in [3.63, 3.8) is 0 Å². The normalized spacial score (nSPS) is 14.4. The van der Waals surface area contributed by atoms with Crippen molar-refractivity contribution in [1.82, 2.24) is 47.9 Å². The predicted molar refractivity (Wildman–Crippen MR) is 324 cm³/mol. The van der Waals surface area contributed by atoms with Gasteiger partial charge < -0.3 is 96.9 Å². The predicted octanol–water partition coefficient (Wildman–Crippen LogP) is -4.31. The van der Waals surface area contributed by atoms with E-state index >= 15 is 0 Å². The number of nitrogens with two attached hydrogens (primary N) is 5. The number of aliphatic imine (C=N–C) groups is 1. The Hall–Kier alpha value is -8.62. The van der Waals surface area contributed by atoms with Crippen molar-refractivity contribution >= 4 is 88.7 Å². The van der Waals surface area contributed by atoms with Crippen LogP contribution in [0, 0.1) is 5.92 Å². The highest BCUT2D eigenvalue weighted by Crippen LogP contribution is 2.14. The van der Waals surface area contributed by atoms with Gasteiger partial charge in [-0.05, 0) is 112 Å². The van der Waals surface area contributed by atoms with Gasteiger partial charge in [0.2, 0.25) is 59.1 Å².